The Balaban J connectivity index is 0.000000172. The molecule has 30 heavy (non-hydrogen) atoms. The molecule has 0 aliphatic carbocycles. The summed E-state index contributed by atoms with van der Waals surface area (Å²) in [5.41, 5.74) is 0. The molecule has 0 aromatic carbocycles. The fourth-order valence-corrected chi connectivity index (χ4v) is 3.58. The van der Waals surface area contributed by atoms with Crippen LogP contribution in [0.4, 0.5) is 0 Å². The van der Waals surface area contributed by atoms with E-state index in [0.717, 1.165) is 115 Å². The maximum Gasteiger partial charge on any atom is 0.183 e. The predicted octanol–water partition coefficient (Wildman–Crippen LogP) is 3.59. The second-order valence-electron chi connectivity index (χ2n) is 7.62. The molecule has 168 valence electrons. The van der Waals surface area contributed by atoms with Crippen LogP contribution >= 0.6 is 0 Å². The van der Waals surface area contributed by atoms with Crippen LogP contribution in [0.1, 0.15) is 64.2 Å². The minimum atomic E-state index is 0.769. The lowest BCUT2D eigenvalue weighted by Gasteiger charge is -2.03. The van der Waals surface area contributed by atoms with E-state index >= 15 is 0 Å². The Kier molecular flexibility index (Phi) is 10.5. The average Bonchev–Trinajstić information content (AvgIpc) is 3.58. The zero-order chi connectivity index (χ0) is 20.7. The van der Waals surface area contributed by atoms with Crippen LogP contribution in [0.25, 0.3) is 0 Å². The molecular formula is C22H36N4O4. The fraction of sp³-hybridized carbons (Fsp3) is 0.818. The molecule has 8 heteroatoms. The highest BCUT2D eigenvalue weighted by molar-refractivity contribution is 5.78. The normalized spacial score (nSPS) is 19.5. The molecule has 0 amide bonds. The molecule has 8 nitrogen and oxygen atoms in total. The predicted molar refractivity (Wildman–Crippen MR) is 119 cm³/mol. The second kappa shape index (κ2) is 14.0. The largest absolute Gasteiger partial charge is 0.479 e. The minimum Gasteiger partial charge on any atom is -0.479 e. The third kappa shape index (κ3) is 9.13. The summed E-state index contributed by atoms with van der Waals surface area (Å²) in [7, 11) is 0. The Morgan fingerprint density at radius 1 is 0.400 bits per heavy atom. The van der Waals surface area contributed by atoms with Gasteiger partial charge in [-0.3, -0.25) is 20.0 Å². The molecule has 0 radical (unpaired) electrons. The quantitative estimate of drug-likeness (QED) is 0.452. The topological polar surface area (TPSA) is 86.4 Å². The van der Waals surface area contributed by atoms with Crippen LogP contribution in [0.2, 0.25) is 0 Å². The summed E-state index contributed by atoms with van der Waals surface area (Å²) >= 11 is 0. The average molecular weight is 421 g/mol. The fourth-order valence-electron chi connectivity index (χ4n) is 3.58. The Hall–Kier alpha value is -2.12. The van der Waals surface area contributed by atoms with Crippen molar-refractivity contribution in [3.8, 4) is 0 Å². The number of rotatable bonds is 12. The van der Waals surface area contributed by atoms with Crippen LogP contribution in [0, 0.1) is 0 Å². The molecule has 0 aromatic heterocycles. The molecule has 0 atom stereocenters. The van der Waals surface area contributed by atoms with Crippen molar-refractivity contribution in [2.75, 3.05) is 52.6 Å². The van der Waals surface area contributed by atoms with Crippen molar-refractivity contribution < 1.29 is 18.9 Å². The van der Waals surface area contributed by atoms with E-state index in [2.05, 4.69) is 20.0 Å². The van der Waals surface area contributed by atoms with Crippen molar-refractivity contribution in [1.29, 1.82) is 0 Å². The summed E-state index contributed by atoms with van der Waals surface area (Å²) in [5, 5.41) is 0. The third-order valence-corrected chi connectivity index (χ3v) is 5.16. The molecule has 0 aromatic rings. The standard InChI is InChI=1S/C12H20N2O2.C10H16N2O2/c1(3-5-11-13-7-9-15-11)2-4-6-12-14-8-10-16-12;1(3-9-11-5-7-13-9)2-4-10-12-6-8-14-10/h1-10H2;1-8H2. The lowest BCUT2D eigenvalue weighted by Crippen LogP contribution is -2.01. The summed E-state index contributed by atoms with van der Waals surface area (Å²) in [6, 6.07) is 0. The molecule has 0 saturated carbocycles. The van der Waals surface area contributed by atoms with Gasteiger partial charge in [0.2, 0.25) is 0 Å². The monoisotopic (exact) mass is 420 g/mol. The van der Waals surface area contributed by atoms with Crippen LogP contribution in [-0.4, -0.2) is 76.2 Å². The number of unbranched alkanes of at least 4 members (excludes halogenated alkanes) is 4. The Bertz CT molecular complexity index is 577. The van der Waals surface area contributed by atoms with Gasteiger partial charge in [0.05, 0.1) is 26.2 Å². The zero-order valence-corrected chi connectivity index (χ0v) is 18.1. The van der Waals surface area contributed by atoms with E-state index in [-0.39, 0.29) is 0 Å². The summed E-state index contributed by atoms with van der Waals surface area (Å²) in [6.07, 6.45) is 11.0. The van der Waals surface area contributed by atoms with Crippen molar-refractivity contribution in [2.45, 2.75) is 64.2 Å². The van der Waals surface area contributed by atoms with Crippen molar-refractivity contribution in [1.82, 2.24) is 0 Å². The van der Waals surface area contributed by atoms with Crippen LogP contribution < -0.4 is 0 Å². The van der Waals surface area contributed by atoms with Crippen LogP contribution in [0.3, 0.4) is 0 Å². The first kappa shape index (κ1) is 22.6. The highest BCUT2D eigenvalue weighted by atomic mass is 16.5. The lowest BCUT2D eigenvalue weighted by atomic mass is 10.1. The van der Waals surface area contributed by atoms with Crippen LogP contribution in [0.15, 0.2) is 20.0 Å². The van der Waals surface area contributed by atoms with Crippen molar-refractivity contribution >= 4 is 23.6 Å². The number of nitrogens with zero attached hydrogens (tertiary/aromatic N) is 4. The first-order valence-corrected chi connectivity index (χ1v) is 11.5. The number of hydrogen-bond donors (Lipinski definition) is 0. The van der Waals surface area contributed by atoms with E-state index < -0.39 is 0 Å². The highest BCUT2D eigenvalue weighted by Crippen LogP contribution is 2.11. The smallest absolute Gasteiger partial charge is 0.183 e. The molecular weight excluding hydrogens is 384 g/mol. The van der Waals surface area contributed by atoms with Gasteiger partial charge in [-0.15, -0.1) is 0 Å². The maximum atomic E-state index is 5.35. The number of aliphatic imine (C=N–C) groups is 4. The highest BCUT2D eigenvalue weighted by Gasteiger charge is 2.10. The molecule has 4 rings (SSSR count). The Morgan fingerprint density at radius 3 is 0.900 bits per heavy atom. The summed E-state index contributed by atoms with van der Waals surface area (Å²) in [6.45, 7) is 6.49. The van der Waals surface area contributed by atoms with Gasteiger partial charge < -0.3 is 18.9 Å². The van der Waals surface area contributed by atoms with Gasteiger partial charge in [0.25, 0.3) is 0 Å². The zero-order valence-electron chi connectivity index (χ0n) is 18.1. The van der Waals surface area contributed by atoms with Gasteiger partial charge in [-0.25, -0.2) is 0 Å². The van der Waals surface area contributed by atoms with E-state index in [9.17, 15) is 0 Å². The molecule has 4 aliphatic heterocycles. The molecule has 0 fully saturated rings. The van der Waals surface area contributed by atoms with Crippen molar-refractivity contribution in [3.05, 3.63) is 0 Å². The Labute approximate surface area is 179 Å². The maximum absolute atomic E-state index is 5.35. The second-order valence-corrected chi connectivity index (χ2v) is 7.62. The van der Waals surface area contributed by atoms with Crippen LogP contribution in [0.5, 0.6) is 0 Å². The number of ether oxygens (including phenoxy) is 4. The third-order valence-electron chi connectivity index (χ3n) is 5.16. The van der Waals surface area contributed by atoms with E-state index in [1.54, 1.807) is 0 Å². The van der Waals surface area contributed by atoms with E-state index in [1.807, 2.05) is 0 Å². The summed E-state index contributed by atoms with van der Waals surface area (Å²) in [4.78, 5) is 17.0. The van der Waals surface area contributed by atoms with Gasteiger partial charge in [0.1, 0.15) is 26.4 Å². The van der Waals surface area contributed by atoms with E-state index in [0.29, 0.717) is 0 Å². The first-order chi connectivity index (χ1) is 14.9. The number of hydrogen-bond acceptors (Lipinski definition) is 8. The summed E-state index contributed by atoms with van der Waals surface area (Å²) in [5.74, 6) is 3.78. The van der Waals surface area contributed by atoms with Gasteiger partial charge in [-0.05, 0) is 25.7 Å². The van der Waals surface area contributed by atoms with E-state index in [4.69, 9.17) is 18.9 Å². The van der Waals surface area contributed by atoms with Crippen molar-refractivity contribution in [3.63, 3.8) is 0 Å². The van der Waals surface area contributed by atoms with Crippen molar-refractivity contribution in [2.24, 2.45) is 20.0 Å². The van der Waals surface area contributed by atoms with Gasteiger partial charge in [-0.2, -0.15) is 0 Å². The lowest BCUT2D eigenvalue weighted by molar-refractivity contribution is 0.332. The SMILES string of the molecule is C(CCC1=NCCO1)CC1=NCCO1.C(CCCC1=NCCO1)CCC1=NCCO1. The molecule has 4 heterocycles. The molecule has 0 unspecified atom stereocenters. The summed E-state index contributed by atoms with van der Waals surface area (Å²) < 4.78 is 21.3. The molecule has 0 spiro atoms. The molecule has 0 saturated heterocycles. The van der Waals surface area contributed by atoms with E-state index in [1.165, 1.54) is 25.7 Å². The first-order valence-electron chi connectivity index (χ1n) is 11.5. The van der Waals surface area contributed by atoms with Gasteiger partial charge in [0.15, 0.2) is 23.6 Å². The van der Waals surface area contributed by atoms with Crippen LogP contribution in [-0.2, 0) is 18.9 Å². The van der Waals surface area contributed by atoms with Gasteiger partial charge in [-0.1, -0.05) is 12.8 Å². The minimum absolute atomic E-state index is 0.769. The molecule has 0 N–H and O–H groups in total. The molecule has 4 aliphatic rings. The van der Waals surface area contributed by atoms with Gasteiger partial charge >= 0.3 is 0 Å². The molecule has 0 bridgehead atoms. The Morgan fingerprint density at radius 2 is 0.667 bits per heavy atom. The van der Waals surface area contributed by atoms with Gasteiger partial charge in [0, 0.05) is 25.7 Å².